The molecular formula is C16H14F3N3O3. The lowest BCUT2D eigenvalue weighted by atomic mass is 10.1. The van der Waals surface area contributed by atoms with Crippen molar-refractivity contribution in [3.8, 4) is 22.8 Å². The summed E-state index contributed by atoms with van der Waals surface area (Å²) in [4.78, 5) is 14.4. The fourth-order valence-electron chi connectivity index (χ4n) is 2.67. The molecule has 3 rings (SSSR count). The number of aromatic amines is 1. The number of hydrogen-bond acceptors (Lipinski definition) is 4. The molecule has 0 amide bonds. The van der Waals surface area contributed by atoms with Crippen molar-refractivity contribution in [3.05, 3.63) is 45.9 Å². The summed E-state index contributed by atoms with van der Waals surface area (Å²) in [5.41, 5.74) is -0.0299. The maximum absolute atomic E-state index is 12.6. The Balaban J connectivity index is 2.22. The van der Waals surface area contributed by atoms with E-state index in [4.69, 9.17) is 4.74 Å². The van der Waals surface area contributed by atoms with Crippen molar-refractivity contribution in [2.45, 2.75) is 19.5 Å². The van der Waals surface area contributed by atoms with Crippen LogP contribution in [0, 0.1) is 6.92 Å². The van der Waals surface area contributed by atoms with Crippen LogP contribution in [-0.2, 0) is 6.42 Å². The molecule has 0 aliphatic rings. The van der Waals surface area contributed by atoms with E-state index >= 15 is 0 Å². The largest absolute Gasteiger partial charge is 0.497 e. The van der Waals surface area contributed by atoms with Gasteiger partial charge in [-0.2, -0.15) is 22.8 Å². The Morgan fingerprint density at radius 2 is 1.92 bits per heavy atom. The number of aromatic hydroxyl groups is 1. The molecule has 0 bridgehead atoms. The molecule has 1 aromatic carbocycles. The Morgan fingerprint density at radius 3 is 2.48 bits per heavy atom. The zero-order valence-corrected chi connectivity index (χ0v) is 13.3. The van der Waals surface area contributed by atoms with Crippen LogP contribution in [-0.4, -0.2) is 33.0 Å². The van der Waals surface area contributed by atoms with E-state index in [0.29, 0.717) is 22.6 Å². The SMILES string of the molecule is COc1ccc(-c2c(C)nn3c(O)c(CC(F)(F)F)c(=O)[nH]c23)cc1. The first kappa shape index (κ1) is 16.9. The minimum Gasteiger partial charge on any atom is -0.497 e. The number of aryl methyl sites for hydroxylation is 1. The second-order valence-corrected chi connectivity index (χ2v) is 5.50. The number of nitrogens with one attached hydrogen (secondary N) is 1. The molecule has 6 nitrogen and oxygen atoms in total. The lowest BCUT2D eigenvalue weighted by Crippen LogP contribution is -2.22. The van der Waals surface area contributed by atoms with Gasteiger partial charge in [0.2, 0.25) is 5.88 Å². The molecule has 132 valence electrons. The molecule has 2 aromatic heterocycles. The average molecular weight is 353 g/mol. The summed E-state index contributed by atoms with van der Waals surface area (Å²) in [6.07, 6.45) is -6.17. The highest BCUT2D eigenvalue weighted by Gasteiger charge is 2.32. The molecule has 2 heterocycles. The maximum atomic E-state index is 12.6. The number of rotatable bonds is 3. The van der Waals surface area contributed by atoms with Gasteiger partial charge in [-0.1, -0.05) is 12.1 Å². The van der Waals surface area contributed by atoms with Crippen LogP contribution in [0.25, 0.3) is 16.8 Å². The summed E-state index contributed by atoms with van der Waals surface area (Å²) in [5.74, 6) is -0.194. The number of H-pyrrole nitrogens is 1. The van der Waals surface area contributed by atoms with Crippen LogP contribution in [0.3, 0.4) is 0 Å². The Kier molecular flexibility index (Phi) is 3.94. The van der Waals surface area contributed by atoms with Crippen LogP contribution in [0.15, 0.2) is 29.1 Å². The first-order chi connectivity index (χ1) is 11.7. The molecule has 0 radical (unpaired) electrons. The Morgan fingerprint density at radius 1 is 1.28 bits per heavy atom. The first-order valence-electron chi connectivity index (χ1n) is 7.26. The van der Waals surface area contributed by atoms with Crippen LogP contribution in [0.1, 0.15) is 11.3 Å². The van der Waals surface area contributed by atoms with Gasteiger partial charge >= 0.3 is 6.18 Å². The predicted octanol–water partition coefficient (Wildman–Crippen LogP) is 2.82. The van der Waals surface area contributed by atoms with Crippen LogP contribution in [0.5, 0.6) is 11.6 Å². The Hall–Kier alpha value is -2.97. The fourth-order valence-corrected chi connectivity index (χ4v) is 2.67. The van der Waals surface area contributed by atoms with E-state index in [2.05, 4.69) is 10.1 Å². The van der Waals surface area contributed by atoms with E-state index in [1.54, 1.807) is 31.2 Å². The van der Waals surface area contributed by atoms with Crippen molar-refractivity contribution < 1.29 is 23.0 Å². The third-order valence-corrected chi connectivity index (χ3v) is 3.79. The van der Waals surface area contributed by atoms with E-state index in [9.17, 15) is 23.1 Å². The summed E-state index contributed by atoms with van der Waals surface area (Å²) in [7, 11) is 1.52. The van der Waals surface area contributed by atoms with Gasteiger partial charge in [0.05, 0.1) is 24.8 Å². The highest BCUT2D eigenvalue weighted by molar-refractivity contribution is 5.80. The summed E-state index contributed by atoms with van der Waals surface area (Å²) in [5, 5.41) is 14.2. The Labute approximate surface area is 139 Å². The zero-order valence-electron chi connectivity index (χ0n) is 13.3. The number of fused-ring (bicyclic) bond motifs is 1. The minimum absolute atomic E-state index is 0.121. The molecule has 0 unspecified atom stereocenters. The van der Waals surface area contributed by atoms with Crippen LogP contribution < -0.4 is 10.3 Å². The van der Waals surface area contributed by atoms with Crippen molar-refractivity contribution >= 4 is 5.65 Å². The summed E-state index contributed by atoms with van der Waals surface area (Å²) < 4.78 is 43.8. The molecule has 0 aliphatic heterocycles. The number of hydrogen-bond donors (Lipinski definition) is 2. The van der Waals surface area contributed by atoms with Gasteiger partial charge in [-0.05, 0) is 24.6 Å². The van der Waals surface area contributed by atoms with Gasteiger partial charge in [0.25, 0.3) is 5.56 Å². The lowest BCUT2D eigenvalue weighted by molar-refractivity contribution is -0.127. The van der Waals surface area contributed by atoms with E-state index in [1.807, 2.05) is 0 Å². The summed E-state index contributed by atoms with van der Waals surface area (Å²) in [6, 6.07) is 6.85. The van der Waals surface area contributed by atoms with Gasteiger partial charge in [-0.3, -0.25) is 4.79 Å². The number of halogens is 3. The van der Waals surface area contributed by atoms with Gasteiger partial charge in [0.15, 0.2) is 0 Å². The van der Waals surface area contributed by atoms with Crippen molar-refractivity contribution in [2.75, 3.05) is 7.11 Å². The van der Waals surface area contributed by atoms with Crippen LogP contribution >= 0.6 is 0 Å². The Bertz CT molecular complexity index is 988. The normalized spacial score (nSPS) is 11.9. The molecule has 2 N–H and O–H groups in total. The molecule has 0 saturated heterocycles. The average Bonchev–Trinajstić information content (AvgIpc) is 2.87. The van der Waals surface area contributed by atoms with Gasteiger partial charge in [-0.25, -0.2) is 0 Å². The molecular weight excluding hydrogens is 339 g/mol. The maximum Gasteiger partial charge on any atom is 0.393 e. The van der Waals surface area contributed by atoms with Crippen molar-refractivity contribution in [2.24, 2.45) is 0 Å². The van der Waals surface area contributed by atoms with Crippen LogP contribution in [0.4, 0.5) is 13.2 Å². The number of benzene rings is 1. The van der Waals surface area contributed by atoms with Crippen molar-refractivity contribution in [3.63, 3.8) is 0 Å². The monoisotopic (exact) mass is 353 g/mol. The quantitative estimate of drug-likeness (QED) is 0.759. The van der Waals surface area contributed by atoms with Crippen molar-refractivity contribution in [1.29, 1.82) is 0 Å². The van der Waals surface area contributed by atoms with Gasteiger partial charge < -0.3 is 14.8 Å². The molecule has 0 aliphatic carbocycles. The number of nitrogens with zero attached hydrogens (tertiary/aromatic N) is 2. The highest BCUT2D eigenvalue weighted by Crippen LogP contribution is 2.31. The van der Waals surface area contributed by atoms with Crippen LogP contribution in [0.2, 0.25) is 0 Å². The fraction of sp³-hybridized carbons (Fsp3) is 0.250. The molecule has 0 spiro atoms. The predicted molar refractivity (Wildman–Crippen MR) is 84.0 cm³/mol. The lowest BCUT2D eigenvalue weighted by Gasteiger charge is -2.09. The smallest absolute Gasteiger partial charge is 0.393 e. The van der Waals surface area contributed by atoms with Crippen molar-refractivity contribution in [1.82, 2.24) is 14.6 Å². The standard InChI is InChI=1S/C16H14F3N3O3/c1-8-12(9-3-5-10(25-2)6-4-9)13-20-14(23)11(7-16(17,18)19)15(24)22(13)21-8/h3-6,24H,7H2,1-2H3,(H,20,23). The topological polar surface area (TPSA) is 79.6 Å². The third kappa shape index (κ3) is 3.04. The summed E-state index contributed by atoms with van der Waals surface area (Å²) >= 11 is 0. The van der Waals surface area contributed by atoms with Gasteiger partial charge in [0.1, 0.15) is 11.4 Å². The van der Waals surface area contributed by atoms with E-state index in [-0.39, 0.29) is 5.65 Å². The molecule has 0 fully saturated rings. The zero-order chi connectivity index (χ0) is 18.4. The first-order valence-corrected chi connectivity index (χ1v) is 7.26. The molecule has 3 aromatic rings. The second-order valence-electron chi connectivity index (χ2n) is 5.50. The number of methoxy groups -OCH3 is 1. The number of ether oxygens (including phenoxy) is 1. The highest BCUT2D eigenvalue weighted by atomic mass is 19.4. The van der Waals surface area contributed by atoms with Gasteiger partial charge in [0, 0.05) is 5.56 Å². The molecule has 0 atom stereocenters. The van der Waals surface area contributed by atoms with E-state index in [1.165, 1.54) is 7.11 Å². The number of alkyl halides is 3. The molecule has 25 heavy (non-hydrogen) atoms. The third-order valence-electron chi connectivity index (χ3n) is 3.79. The minimum atomic E-state index is -4.63. The molecule has 9 heteroatoms. The van der Waals surface area contributed by atoms with Gasteiger partial charge in [-0.15, -0.1) is 0 Å². The van der Waals surface area contributed by atoms with E-state index in [0.717, 1.165) is 4.52 Å². The number of aromatic nitrogens is 3. The second kappa shape index (κ2) is 5.83. The summed E-state index contributed by atoms with van der Waals surface area (Å²) in [6.45, 7) is 1.63. The molecule has 0 saturated carbocycles. The van der Waals surface area contributed by atoms with E-state index < -0.39 is 29.6 Å².